The van der Waals surface area contributed by atoms with E-state index in [1.807, 2.05) is 19.9 Å². The minimum Gasteiger partial charge on any atom is -0.490 e. The summed E-state index contributed by atoms with van der Waals surface area (Å²) in [7, 11) is 0. The van der Waals surface area contributed by atoms with Gasteiger partial charge in [0.05, 0.1) is 13.2 Å². The molecule has 7 heteroatoms. The van der Waals surface area contributed by atoms with Crippen molar-refractivity contribution in [2.24, 2.45) is 4.99 Å². The minimum absolute atomic E-state index is 0. The van der Waals surface area contributed by atoms with Crippen LogP contribution in [-0.2, 0) is 6.42 Å². The maximum absolute atomic E-state index is 5.72. The zero-order chi connectivity index (χ0) is 20.7. The molecule has 0 unspecified atom stereocenters. The van der Waals surface area contributed by atoms with Gasteiger partial charge in [0.1, 0.15) is 0 Å². The highest BCUT2D eigenvalue weighted by Crippen LogP contribution is 2.28. The maximum Gasteiger partial charge on any atom is 0.191 e. The second kappa shape index (κ2) is 16.5. The highest BCUT2D eigenvalue weighted by Gasteiger charge is 2.10. The molecule has 172 valence electrons. The van der Waals surface area contributed by atoms with Gasteiger partial charge in [-0.25, -0.2) is 0 Å². The van der Waals surface area contributed by atoms with Gasteiger partial charge in [-0.15, -0.1) is 24.0 Å². The van der Waals surface area contributed by atoms with Crippen molar-refractivity contribution in [2.45, 2.75) is 52.9 Å². The van der Waals surface area contributed by atoms with Crippen LogP contribution in [0.1, 0.15) is 52.0 Å². The predicted octanol–water partition coefficient (Wildman–Crippen LogP) is 4.08. The normalized spacial score (nSPS) is 14.3. The van der Waals surface area contributed by atoms with Gasteiger partial charge in [0.25, 0.3) is 0 Å². The molecule has 0 aromatic heterocycles. The Hall–Kier alpha value is -1.22. The summed E-state index contributed by atoms with van der Waals surface area (Å²) in [6.45, 7) is 13.7. The maximum atomic E-state index is 5.72. The number of aliphatic imine (C=N–C) groups is 1. The van der Waals surface area contributed by atoms with Crippen molar-refractivity contribution in [3.05, 3.63) is 23.8 Å². The molecular weight excluding hydrogens is 491 g/mol. The van der Waals surface area contributed by atoms with E-state index in [1.54, 1.807) is 0 Å². The van der Waals surface area contributed by atoms with Crippen LogP contribution < -0.4 is 20.1 Å². The van der Waals surface area contributed by atoms with Crippen LogP contribution in [0.5, 0.6) is 11.5 Å². The van der Waals surface area contributed by atoms with E-state index in [-0.39, 0.29) is 24.0 Å². The third-order valence-electron chi connectivity index (χ3n) is 5.01. The standard InChI is InChI=1S/C23H40N4O2.HI/c1-4-24-23(25-14-7-8-16-27-17-9-10-18-27)26-15-13-20-11-12-21(28-5-2)22(19-20)29-6-3;/h11-12,19H,4-10,13-18H2,1-3H3,(H2,24,25,26);1H. The molecule has 2 N–H and O–H groups in total. The smallest absolute Gasteiger partial charge is 0.191 e. The molecule has 0 spiro atoms. The van der Waals surface area contributed by atoms with E-state index in [4.69, 9.17) is 14.5 Å². The lowest BCUT2D eigenvalue weighted by atomic mass is 10.1. The first kappa shape index (κ1) is 26.8. The molecule has 1 fully saturated rings. The van der Waals surface area contributed by atoms with Crippen molar-refractivity contribution in [3.8, 4) is 11.5 Å². The first-order valence-corrected chi connectivity index (χ1v) is 11.4. The number of hydrogen-bond acceptors (Lipinski definition) is 4. The fourth-order valence-corrected chi connectivity index (χ4v) is 3.56. The summed E-state index contributed by atoms with van der Waals surface area (Å²) in [5, 5.41) is 6.79. The highest BCUT2D eigenvalue weighted by atomic mass is 127. The Labute approximate surface area is 200 Å². The third kappa shape index (κ3) is 10.2. The topological polar surface area (TPSA) is 58.1 Å². The average molecular weight is 533 g/mol. The first-order valence-electron chi connectivity index (χ1n) is 11.4. The number of benzene rings is 1. The van der Waals surface area contributed by atoms with Crippen LogP contribution in [0, 0.1) is 0 Å². The summed E-state index contributed by atoms with van der Waals surface area (Å²) in [6, 6.07) is 6.19. The Morgan fingerprint density at radius 2 is 1.73 bits per heavy atom. The molecule has 0 atom stereocenters. The summed E-state index contributed by atoms with van der Waals surface area (Å²) in [5.41, 5.74) is 1.23. The number of likely N-dealkylation sites (tertiary alicyclic amines) is 1. The Morgan fingerprint density at radius 3 is 2.43 bits per heavy atom. The molecule has 1 aliphatic heterocycles. The SMILES string of the molecule is CCNC(=NCCCCN1CCCC1)NCCc1ccc(OCC)c(OCC)c1.I. The molecule has 30 heavy (non-hydrogen) atoms. The van der Waals surface area contributed by atoms with Crippen LogP contribution in [0.2, 0.25) is 0 Å². The van der Waals surface area contributed by atoms with Gasteiger partial charge < -0.3 is 25.0 Å². The van der Waals surface area contributed by atoms with Gasteiger partial charge >= 0.3 is 0 Å². The summed E-state index contributed by atoms with van der Waals surface area (Å²) in [5.74, 6) is 2.55. The lowest BCUT2D eigenvalue weighted by Gasteiger charge is -2.14. The quantitative estimate of drug-likeness (QED) is 0.174. The van der Waals surface area contributed by atoms with Crippen LogP contribution in [-0.4, -0.2) is 63.3 Å². The van der Waals surface area contributed by atoms with Gasteiger partial charge in [-0.3, -0.25) is 4.99 Å². The lowest BCUT2D eigenvalue weighted by Crippen LogP contribution is -2.38. The minimum atomic E-state index is 0. The molecular formula is C23H41IN4O2. The number of unbranched alkanes of at least 4 members (excludes halogenated alkanes) is 1. The summed E-state index contributed by atoms with van der Waals surface area (Å²) >= 11 is 0. The van der Waals surface area contributed by atoms with E-state index in [0.717, 1.165) is 49.9 Å². The van der Waals surface area contributed by atoms with Gasteiger partial charge in [-0.1, -0.05) is 6.07 Å². The van der Waals surface area contributed by atoms with Crippen LogP contribution >= 0.6 is 24.0 Å². The van der Waals surface area contributed by atoms with E-state index in [9.17, 15) is 0 Å². The van der Waals surface area contributed by atoms with Crippen molar-refractivity contribution >= 4 is 29.9 Å². The molecule has 6 nitrogen and oxygen atoms in total. The van der Waals surface area contributed by atoms with Crippen molar-refractivity contribution < 1.29 is 9.47 Å². The monoisotopic (exact) mass is 532 g/mol. The molecule has 0 radical (unpaired) electrons. The lowest BCUT2D eigenvalue weighted by molar-refractivity contribution is 0.287. The van der Waals surface area contributed by atoms with Crippen molar-refractivity contribution in [2.75, 3.05) is 52.5 Å². The van der Waals surface area contributed by atoms with Crippen LogP contribution in [0.3, 0.4) is 0 Å². The number of rotatable bonds is 13. The Morgan fingerprint density at radius 1 is 1.00 bits per heavy atom. The predicted molar refractivity (Wildman–Crippen MR) is 137 cm³/mol. The Kier molecular flexibility index (Phi) is 14.7. The van der Waals surface area contributed by atoms with Gasteiger partial charge in [0, 0.05) is 19.6 Å². The summed E-state index contributed by atoms with van der Waals surface area (Å²) < 4.78 is 11.4. The molecule has 0 aliphatic carbocycles. The van der Waals surface area contributed by atoms with E-state index in [0.29, 0.717) is 13.2 Å². The van der Waals surface area contributed by atoms with E-state index >= 15 is 0 Å². The summed E-state index contributed by atoms with van der Waals surface area (Å²) in [4.78, 5) is 7.30. The zero-order valence-corrected chi connectivity index (χ0v) is 21.4. The largest absolute Gasteiger partial charge is 0.490 e. The second-order valence-corrected chi connectivity index (χ2v) is 7.34. The second-order valence-electron chi connectivity index (χ2n) is 7.34. The van der Waals surface area contributed by atoms with Crippen LogP contribution in [0.25, 0.3) is 0 Å². The summed E-state index contributed by atoms with van der Waals surface area (Å²) in [6.07, 6.45) is 6.02. The molecule has 2 rings (SSSR count). The molecule has 1 aromatic carbocycles. The Bertz CT molecular complexity index is 607. The molecule has 0 bridgehead atoms. The van der Waals surface area contributed by atoms with Gasteiger partial charge in [-0.05, 0) is 90.2 Å². The van der Waals surface area contributed by atoms with E-state index < -0.39 is 0 Å². The fraction of sp³-hybridized carbons (Fsp3) is 0.696. The highest BCUT2D eigenvalue weighted by molar-refractivity contribution is 14.0. The third-order valence-corrected chi connectivity index (χ3v) is 5.01. The molecule has 1 aromatic rings. The van der Waals surface area contributed by atoms with Gasteiger partial charge in [0.15, 0.2) is 17.5 Å². The van der Waals surface area contributed by atoms with Gasteiger partial charge in [0.2, 0.25) is 0 Å². The number of guanidine groups is 1. The molecule has 0 amide bonds. The van der Waals surface area contributed by atoms with Crippen molar-refractivity contribution in [3.63, 3.8) is 0 Å². The average Bonchev–Trinajstić information content (AvgIpc) is 3.23. The number of ether oxygens (including phenoxy) is 2. The van der Waals surface area contributed by atoms with Crippen LogP contribution in [0.15, 0.2) is 23.2 Å². The molecule has 1 heterocycles. The van der Waals surface area contributed by atoms with E-state index in [1.165, 1.54) is 44.5 Å². The number of halogens is 1. The first-order chi connectivity index (χ1) is 14.3. The molecule has 0 saturated carbocycles. The number of nitrogens with one attached hydrogen (secondary N) is 2. The van der Waals surface area contributed by atoms with Crippen molar-refractivity contribution in [1.29, 1.82) is 0 Å². The number of hydrogen-bond donors (Lipinski definition) is 2. The van der Waals surface area contributed by atoms with E-state index in [2.05, 4.69) is 34.6 Å². The molecule has 1 saturated heterocycles. The van der Waals surface area contributed by atoms with Crippen LogP contribution in [0.4, 0.5) is 0 Å². The number of nitrogens with zero attached hydrogens (tertiary/aromatic N) is 2. The van der Waals surface area contributed by atoms with Gasteiger partial charge in [-0.2, -0.15) is 0 Å². The fourth-order valence-electron chi connectivity index (χ4n) is 3.56. The molecule has 1 aliphatic rings. The van der Waals surface area contributed by atoms with Crippen molar-refractivity contribution in [1.82, 2.24) is 15.5 Å². The Balaban J connectivity index is 0.00000450. The zero-order valence-electron chi connectivity index (χ0n) is 19.0.